The van der Waals surface area contributed by atoms with Crippen LogP contribution in [0, 0.1) is 5.95 Å². The van der Waals surface area contributed by atoms with Gasteiger partial charge in [0.15, 0.2) is 0 Å². The highest BCUT2D eigenvalue weighted by Crippen LogP contribution is 2.39. The Hall–Kier alpha value is -3.99. The topological polar surface area (TPSA) is 83.0 Å². The number of carboxylic acids is 1. The Balaban J connectivity index is 1.26. The fourth-order valence-corrected chi connectivity index (χ4v) is 4.95. The number of nitrogens with zero attached hydrogens (tertiary/aromatic N) is 3. The highest BCUT2D eigenvalue weighted by atomic mass is 19.4. The first-order valence-corrected chi connectivity index (χ1v) is 11.9. The van der Waals surface area contributed by atoms with Crippen molar-refractivity contribution in [2.45, 2.75) is 31.2 Å². The van der Waals surface area contributed by atoms with Gasteiger partial charge in [0.05, 0.1) is 17.7 Å². The molecule has 0 atom stereocenters. The summed E-state index contributed by atoms with van der Waals surface area (Å²) >= 11 is 0. The van der Waals surface area contributed by atoms with Gasteiger partial charge >= 0.3 is 18.2 Å². The van der Waals surface area contributed by atoms with Crippen molar-refractivity contribution in [3.05, 3.63) is 83.4 Å². The quantitative estimate of drug-likeness (QED) is 0.343. The van der Waals surface area contributed by atoms with Crippen LogP contribution < -0.4 is 4.90 Å². The van der Waals surface area contributed by atoms with E-state index in [0.29, 0.717) is 43.7 Å². The predicted octanol–water partition coefficient (Wildman–Crippen LogP) is 5.60. The lowest BCUT2D eigenvalue weighted by molar-refractivity contribution is -0.137. The summed E-state index contributed by atoms with van der Waals surface area (Å²) in [6.07, 6.45) is -3.02. The lowest BCUT2D eigenvalue weighted by atomic mass is 9.90. The van der Waals surface area contributed by atoms with Crippen molar-refractivity contribution in [3.63, 3.8) is 0 Å². The number of carbonyl (C=O) groups excluding carboxylic acids is 1. The zero-order valence-corrected chi connectivity index (χ0v) is 20.0. The summed E-state index contributed by atoms with van der Waals surface area (Å²) in [4.78, 5) is 30.6. The van der Waals surface area contributed by atoms with E-state index in [9.17, 15) is 27.2 Å². The number of aromatic nitrogens is 1. The molecule has 0 radical (unpaired) electrons. The number of alkyl halides is 3. The number of likely N-dealkylation sites (tertiary alicyclic amines) is 1. The molecule has 0 saturated carbocycles. The van der Waals surface area contributed by atoms with Crippen molar-refractivity contribution in [2.75, 3.05) is 24.5 Å². The van der Waals surface area contributed by atoms with Crippen LogP contribution in [0.15, 0.2) is 60.8 Å². The molecule has 2 saturated heterocycles. The summed E-state index contributed by atoms with van der Waals surface area (Å²) in [5.74, 6) is -1.83. The van der Waals surface area contributed by atoms with Gasteiger partial charge < -0.3 is 9.84 Å². The van der Waals surface area contributed by atoms with Gasteiger partial charge in [-0.05, 0) is 53.6 Å². The van der Waals surface area contributed by atoms with Crippen LogP contribution in [-0.2, 0) is 17.5 Å². The molecule has 3 heterocycles. The molecule has 2 aliphatic rings. The predicted molar refractivity (Wildman–Crippen MR) is 129 cm³/mol. The maximum Gasteiger partial charge on any atom is 0.417 e. The number of halogens is 4. The molecule has 3 aromatic rings. The van der Waals surface area contributed by atoms with E-state index < -0.39 is 35.4 Å². The average molecular weight is 529 g/mol. The van der Waals surface area contributed by atoms with Crippen LogP contribution in [0.3, 0.4) is 0 Å². The van der Waals surface area contributed by atoms with Gasteiger partial charge in [-0.1, -0.05) is 12.1 Å². The van der Waals surface area contributed by atoms with Crippen molar-refractivity contribution < 1.29 is 37.0 Å². The van der Waals surface area contributed by atoms with Gasteiger partial charge in [0, 0.05) is 49.9 Å². The van der Waals surface area contributed by atoms with E-state index in [0.717, 1.165) is 18.3 Å². The third kappa shape index (κ3) is 5.19. The molecule has 0 bridgehead atoms. The van der Waals surface area contributed by atoms with Crippen LogP contribution in [0.1, 0.15) is 34.3 Å². The zero-order chi connectivity index (χ0) is 27.1. The molecule has 198 valence electrons. The molecular formula is C27H23F4N3O4. The Morgan fingerprint density at radius 2 is 1.76 bits per heavy atom. The maximum absolute atomic E-state index is 13.9. The lowest BCUT2D eigenvalue weighted by Gasteiger charge is -2.37. The Bertz CT molecular complexity index is 1350. The van der Waals surface area contributed by atoms with Crippen LogP contribution in [0.4, 0.5) is 28.0 Å². The van der Waals surface area contributed by atoms with Gasteiger partial charge in [0.25, 0.3) is 0 Å². The molecule has 2 aromatic carbocycles. The van der Waals surface area contributed by atoms with Crippen molar-refractivity contribution in [2.24, 2.45) is 0 Å². The van der Waals surface area contributed by atoms with Crippen LogP contribution >= 0.6 is 0 Å². The highest BCUT2D eigenvalue weighted by molar-refractivity contribution is 5.92. The number of ether oxygens (including phenoxy) is 1. The van der Waals surface area contributed by atoms with Crippen molar-refractivity contribution >= 4 is 17.7 Å². The molecule has 1 N–H and O–H groups in total. The molecule has 38 heavy (non-hydrogen) atoms. The van der Waals surface area contributed by atoms with Crippen LogP contribution in [-0.4, -0.2) is 52.3 Å². The third-order valence-corrected chi connectivity index (χ3v) is 7.00. The van der Waals surface area contributed by atoms with Gasteiger partial charge in [-0.25, -0.2) is 14.6 Å². The summed E-state index contributed by atoms with van der Waals surface area (Å²) in [6, 6.07) is 12.4. The molecule has 2 aliphatic heterocycles. The van der Waals surface area contributed by atoms with Crippen molar-refractivity contribution in [1.29, 1.82) is 0 Å². The van der Waals surface area contributed by atoms with E-state index in [1.807, 2.05) is 4.90 Å². The second-order valence-electron chi connectivity index (χ2n) is 9.51. The van der Waals surface area contributed by atoms with Crippen LogP contribution in [0.5, 0.6) is 0 Å². The second-order valence-corrected chi connectivity index (χ2v) is 9.51. The first-order valence-electron chi connectivity index (χ1n) is 11.9. The van der Waals surface area contributed by atoms with E-state index in [-0.39, 0.29) is 23.2 Å². The molecular weight excluding hydrogens is 506 g/mol. The number of rotatable bonds is 5. The number of carboxylic acid groups (broad SMARTS) is 1. The maximum atomic E-state index is 13.9. The first-order chi connectivity index (χ1) is 18.0. The van der Waals surface area contributed by atoms with Gasteiger partial charge in [-0.3, -0.25) is 9.80 Å². The van der Waals surface area contributed by atoms with E-state index in [1.54, 1.807) is 18.2 Å². The number of hydrogen-bond acceptors (Lipinski definition) is 5. The van der Waals surface area contributed by atoms with E-state index in [2.05, 4.69) is 4.98 Å². The SMILES string of the molecule is O=C(O)c1ccc(N2CC3(CCN(Cc4ccc(-c5ccc(F)nc5)c(C(F)(F)F)c4)CC3)OC2=O)cc1. The summed E-state index contributed by atoms with van der Waals surface area (Å²) in [5.41, 5.74) is -0.288. The molecule has 7 nitrogen and oxygen atoms in total. The van der Waals surface area contributed by atoms with Crippen LogP contribution in [0.25, 0.3) is 11.1 Å². The Morgan fingerprint density at radius 3 is 2.37 bits per heavy atom. The van der Waals surface area contributed by atoms with Crippen LogP contribution in [0.2, 0.25) is 0 Å². The number of amides is 1. The van der Waals surface area contributed by atoms with Gasteiger partial charge in [-0.2, -0.15) is 17.6 Å². The first kappa shape index (κ1) is 25.7. The smallest absolute Gasteiger partial charge is 0.417 e. The third-order valence-electron chi connectivity index (χ3n) is 7.00. The molecule has 1 spiro atoms. The number of anilines is 1. The fourth-order valence-electron chi connectivity index (χ4n) is 4.95. The standard InChI is InChI=1S/C27H23F4N3O4/c28-23-8-4-19(14-32-23)21-7-1-17(13-22(21)27(29,30)31)15-33-11-9-26(10-12-33)16-34(25(37)38-26)20-5-2-18(3-6-20)24(35)36/h1-8,13-14H,9-12,15-16H2,(H,35,36). The normalized spacial score (nSPS) is 17.6. The minimum Gasteiger partial charge on any atom is -0.478 e. The Kier molecular flexibility index (Phi) is 6.56. The largest absolute Gasteiger partial charge is 0.478 e. The van der Waals surface area contributed by atoms with Crippen molar-refractivity contribution in [1.82, 2.24) is 9.88 Å². The molecule has 0 aliphatic carbocycles. The molecule has 11 heteroatoms. The summed E-state index contributed by atoms with van der Waals surface area (Å²) < 4.78 is 60.5. The molecule has 1 aromatic heterocycles. The molecule has 5 rings (SSSR count). The number of benzene rings is 2. The summed E-state index contributed by atoms with van der Waals surface area (Å²) in [7, 11) is 0. The minimum absolute atomic E-state index is 0.0688. The zero-order valence-electron chi connectivity index (χ0n) is 20.0. The van der Waals surface area contributed by atoms with E-state index >= 15 is 0 Å². The summed E-state index contributed by atoms with van der Waals surface area (Å²) in [5, 5.41) is 9.07. The molecule has 2 fully saturated rings. The number of aromatic carboxylic acids is 1. The Morgan fingerprint density at radius 1 is 1.05 bits per heavy atom. The number of carbonyl (C=O) groups is 2. The van der Waals surface area contributed by atoms with E-state index in [1.165, 1.54) is 29.2 Å². The lowest BCUT2D eigenvalue weighted by Crippen LogP contribution is -2.46. The summed E-state index contributed by atoms with van der Waals surface area (Å²) in [6.45, 7) is 1.63. The number of pyridine rings is 1. The Labute approximate surface area is 215 Å². The molecule has 1 amide bonds. The highest BCUT2D eigenvalue weighted by Gasteiger charge is 2.47. The fraction of sp³-hybridized carbons (Fsp3) is 0.296. The van der Waals surface area contributed by atoms with Crippen molar-refractivity contribution in [3.8, 4) is 11.1 Å². The minimum atomic E-state index is -4.60. The molecule has 0 unspecified atom stereocenters. The van der Waals surface area contributed by atoms with Gasteiger partial charge in [0.2, 0.25) is 5.95 Å². The monoisotopic (exact) mass is 529 g/mol. The number of hydrogen-bond donors (Lipinski definition) is 1. The number of piperidine rings is 1. The van der Waals surface area contributed by atoms with Gasteiger partial charge in [-0.15, -0.1) is 0 Å². The van der Waals surface area contributed by atoms with Gasteiger partial charge in [0.1, 0.15) is 5.60 Å². The average Bonchev–Trinajstić information content (AvgIpc) is 3.21. The second kappa shape index (κ2) is 9.71. The van der Waals surface area contributed by atoms with E-state index in [4.69, 9.17) is 9.84 Å².